The Morgan fingerprint density at radius 2 is 1.94 bits per heavy atom. The van der Waals surface area contributed by atoms with E-state index in [4.69, 9.17) is 11.5 Å². The van der Waals surface area contributed by atoms with Gasteiger partial charge in [-0.25, -0.2) is 9.98 Å². The summed E-state index contributed by atoms with van der Waals surface area (Å²) in [6.07, 6.45) is -3.40. The van der Waals surface area contributed by atoms with E-state index in [0.29, 0.717) is 0 Å². The molecule has 0 aromatic heterocycles. The van der Waals surface area contributed by atoms with Crippen LogP contribution < -0.4 is 11.5 Å². The molecule has 4 N–H and O–H groups in total. The van der Waals surface area contributed by atoms with Gasteiger partial charge < -0.3 is 11.5 Å². The van der Waals surface area contributed by atoms with Gasteiger partial charge in [0.1, 0.15) is 6.34 Å². The highest BCUT2D eigenvalue weighted by Crippen LogP contribution is 2.31. The van der Waals surface area contributed by atoms with Crippen molar-refractivity contribution < 1.29 is 13.2 Å². The summed E-state index contributed by atoms with van der Waals surface area (Å²) in [6.45, 7) is 0. The predicted molar refractivity (Wildman–Crippen MR) is 55.4 cm³/mol. The molecule has 0 unspecified atom stereocenters. The van der Waals surface area contributed by atoms with Gasteiger partial charge in [0.05, 0.1) is 11.3 Å². The van der Waals surface area contributed by atoms with Crippen LogP contribution in [0.2, 0.25) is 0 Å². The molecule has 0 heterocycles. The van der Waals surface area contributed by atoms with Crippen LogP contribution in [0.15, 0.2) is 34.3 Å². The maximum absolute atomic E-state index is 12.3. The molecular formula is C9H9F3N4. The Morgan fingerprint density at radius 1 is 1.25 bits per heavy atom. The van der Waals surface area contributed by atoms with E-state index in [9.17, 15) is 13.2 Å². The first-order valence-electron chi connectivity index (χ1n) is 4.18. The van der Waals surface area contributed by atoms with Gasteiger partial charge in [-0.05, 0) is 18.2 Å². The molecule has 16 heavy (non-hydrogen) atoms. The molecule has 0 saturated carbocycles. The van der Waals surface area contributed by atoms with Gasteiger partial charge in [0.2, 0.25) is 0 Å². The lowest BCUT2D eigenvalue weighted by Crippen LogP contribution is -2.22. The lowest BCUT2D eigenvalue weighted by Gasteiger charge is -2.05. The third kappa shape index (κ3) is 3.60. The molecule has 1 aromatic rings. The van der Waals surface area contributed by atoms with Gasteiger partial charge in [-0.1, -0.05) is 6.07 Å². The molecule has 1 rings (SSSR count). The van der Waals surface area contributed by atoms with Crippen LogP contribution in [-0.2, 0) is 6.18 Å². The minimum atomic E-state index is -4.39. The summed E-state index contributed by atoms with van der Waals surface area (Å²) in [6, 6.07) is 4.53. The quantitative estimate of drug-likeness (QED) is 0.598. The topological polar surface area (TPSA) is 76.8 Å². The van der Waals surface area contributed by atoms with Crippen molar-refractivity contribution in [2.24, 2.45) is 21.5 Å². The first-order chi connectivity index (χ1) is 7.39. The number of halogens is 3. The smallest absolute Gasteiger partial charge is 0.370 e. The molecule has 4 nitrogen and oxygen atoms in total. The van der Waals surface area contributed by atoms with Crippen molar-refractivity contribution in [1.82, 2.24) is 0 Å². The maximum Gasteiger partial charge on any atom is 0.416 e. The van der Waals surface area contributed by atoms with E-state index < -0.39 is 11.7 Å². The molecule has 0 bridgehead atoms. The lowest BCUT2D eigenvalue weighted by atomic mass is 10.2. The van der Waals surface area contributed by atoms with E-state index in [2.05, 4.69) is 9.98 Å². The van der Waals surface area contributed by atoms with Crippen molar-refractivity contribution in [2.75, 3.05) is 0 Å². The lowest BCUT2D eigenvalue weighted by molar-refractivity contribution is -0.137. The molecule has 86 valence electrons. The number of benzene rings is 1. The third-order valence-corrected chi connectivity index (χ3v) is 1.59. The summed E-state index contributed by atoms with van der Waals surface area (Å²) in [4.78, 5) is 7.06. The van der Waals surface area contributed by atoms with E-state index in [1.165, 1.54) is 12.1 Å². The van der Waals surface area contributed by atoms with Gasteiger partial charge in [-0.15, -0.1) is 0 Å². The van der Waals surface area contributed by atoms with Crippen LogP contribution >= 0.6 is 0 Å². The zero-order valence-corrected chi connectivity index (χ0v) is 8.07. The number of nitrogens with two attached hydrogens (primary N) is 2. The summed E-state index contributed by atoms with van der Waals surface area (Å²) >= 11 is 0. The maximum atomic E-state index is 12.3. The fourth-order valence-electron chi connectivity index (χ4n) is 0.925. The highest BCUT2D eigenvalue weighted by atomic mass is 19.4. The Balaban J connectivity index is 2.92. The summed E-state index contributed by atoms with van der Waals surface area (Å²) in [5.74, 6) is -0.212. The number of guanidine groups is 1. The molecule has 0 spiro atoms. The fourth-order valence-corrected chi connectivity index (χ4v) is 0.925. The molecule has 1 aromatic carbocycles. The molecule has 0 radical (unpaired) electrons. The summed E-state index contributed by atoms with van der Waals surface area (Å²) in [5.41, 5.74) is 9.38. The monoisotopic (exact) mass is 230 g/mol. The van der Waals surface area contributed by atoms with Gasteiger partial charge in [-0.2, -0.15) is 13.2 Å². The zero-order chi connectivity index (χ0) is 12.2. The van der Waals surface area contributed by atoms with Crippen LogP contribution in [0.3, 0.4) is 0 Å². The van der Waals surface area contributed by atoms with Crippen LogP contribution in [0, 0.1) is 0 Å². The van der Waals surface area contributed by atoms with Gasteiger partial charge in [0, 0.05) is 0 Å². The molecule has 0 atom stereocenters. The molecule has 0 saturated heterocycles. The Bertz CT molecular complexity index is 419. The SMILES string of the molecule is NC(N)=NC=Nc1cccc(C(F)(F)F)c1. The van der Waals surface area contributed by atoms with E-state index >= 15 is 0 Å². The van der Waals surface area contributed by atoms with Crippen LogP contribution in [0.4, 0.5) is 18.9 Å². The Hall–Kier alpha value is -2.05. The van der Waals surface area contributed by atoms with Crippen molar-refractivity contribution in [2.45, 2.75) is 6.18 Å². The second kappa shape index (κ2) is 4.65. The highest BCUT2D eigenvalue weighted by Gasteiger charge is 2.30. The normalized spacial score (nSPS) is 11.7. The minimum absolute atomic E-state index is 0.125. The summed E-state index contributed by atoms with van der Waals surface area (Å²) < 4.78 is 36.9. The summed E-state index contributed by atoms with van der Waals surface area (Å²) in [7, 11) is 0. The van der Waals surface area contributed by atoms with Crippen LogP contribution in [-0.4, -0.2) is 12.3 Å². The second-order valence-corrected chi connectivity index (χ2v) is 2.85. The van der Waals surface area contributed by atoms with Gasteiger partial charge >= 0.3 is 6.18 Å². The Labute approximate surface area is 89.5 Å². The average Bonchev–Trinajstić information content (AvgIpc) is 2.16. The standard InChI is InChI=1S/C9H9F3N4/c10-9(11,12)6-2-1-3-7(4-6)15-5-16-8(13)14/h1-5H,(H4,13,14,15,16). The molecule has 0 amide bonds. The molecular weight excluding hydrogens is 221 g/mol. The largest absolute Gasteiger partial charge is 0.416 e. The molecule has 0 aliphatic rings. The first kappa shape index (κ1) is 12.0. The zero-order valence-electron chi connectivity index (χ0n) is 8.07. The van der Waals surface area contributed by atoms with E-state index in [1.807, 2.05) is 0 Å². The number of alkyl halides is 3. The first-order valence-corrected chi connectivity index (χ1v) is 4.18. The van der Waals surface area contributed by atoms with Gasteiger partial charge in [0.25, 0.3) is 0 Å². The molecule has 7 heteroatoms. The highest BCUT2D eigenvalue weighted by molar-refractivity contribution is 5.84. The van der Waals surface area contributed by atoms with E-state index in [0.717, 1.165) is 18.5 Å². The van der Waals surface area contributed by atoms with Gasteiger partial charge in [-0.3, -0.25) is 0 Å². The number of aliphatic imine (C=N–C) groups is 2. The van der Waals surface area contributed by atoms with Crippen LogP contribution in [0.5, 0.6) is 0 Å². The van der Waals surface area contributed by atoms with Crippen molar-refractivity contribution in [1.29, 1.82) is 0 Å². The fraction of sp³-hybridized carbons (Fsp3) is 0.111. The minimum Gasteiger partial charge on any atom is -0.370 e. The number of hydrogen-bond acceptors (Lipinski definition) is 1. The molecule has 0 aliphatic carbocycles. The van der Waals surface area contributed by atoms with Crippen molar-refractivity contribution in [3.8, 4) is 0 Å². The Morgan fingerprint density at radius 3 is 2.50 bits per heavy atom. The second-order valence-electron chi connectivity index (χ2n) is 2.85. The van der Waals surface area contributed by atoms with E-state index in [1.54, 1.807) is 0 Å². The van der Waals surface area contributed by atoms with Crippen molar-refractivity contribution >= 4 is 18.0 Å². The van der Waals surface area contributed by atoms with Crippen LogP contribution in [0.25, 0.3) is 0 Å². The number of hydrogen-bond donors (Lipinski definition) is 2. The predicted octanol–water partition coefficient (Wildman–Crippen LogP) is 1.64. The van der Waals surface area contributed by atoms with Gasteiger partial charge in [0.15, 0.2) is 5.96 Å². The van der Waals surface area contributed by atoms with Crippen molar-refractivity contribution in [3.63, 3.8) is 0 Å². The number of rotatable bonds is 2. The summed E-state index contributed by atoms with van der Waals surface area (Å²) in [5, 5.41) is 0. The van der Waals surface area contributed by atoms with Crippen molar-refractivity contribution in [3.05, 3.63) is 29.8 Å². The average molecular weight is 230 g/mol. The van der Waals surface area contributed by atoms with Crippen LogP contribution in [0.1, 0.15) is 5.56 Å². The third-order valence-electron chi connectivity index (χ3n) is 1.59. The molecule has 0 fully saturated rings. The number of nitrogens with zero attached hydrogens (tertiary/aromatic N) is 2. The Kier molecular flexibility index (Phi) is 3.49. The van der Waals surface area contributed by atoms with E-state index in [-0.39, 0.29) is 11.6 Å². The molecule has 0 aliphatic heterocycles.